The van der Waals surface area contributed by atoms with E-state index in [9.17, 15) is 47.1 Å². The lowest BCUT2D eigenvalue weighted by Crippen LogP contribution is -2.48. The van der Waals surface area contributed by atoms with Crippen LogP contribution < -0.4 is 65.8 Å². The molecule has 20 rings (SSSR count). The van der Waals surface area contributed by atoms with Gasteiger partial charge in [-0.3, -0.25) is 33.6 Å². The van der Waals surface area contributed by atoms with Gasteiger partial charge in [0.15, 0.2) is 31.3 Å². The smallest absolute Gasteiger partial charge is 0.270 e. The summed E-state index contributed by atoms with van der Waals surface area (Å²) in [7, 11) is 0. The number of halogens is 10. The Morgan fingerprint density at radius 2 is 0.631 bits per heavy atom. The van der Waals surface area contributed by atoms with Crippen LogP contribution in [0.1, 0.15) is 132 Å². The van der Waals surface area contributed by atoms with Gasteiger partial charge in [0.1, 0.15) is 5.78 Å². The predicted octanol–water partition coefficient (Wildman–Crippen LogP) is 11.2. The van der Waals surface area contributed by atoms with E-state index < -0.39 is 18.4 Å². The molecule has 8 aromatic rings. The molecule has 2 spiro atoms. The molecule has 12 aliphatic rings. The standard InChI is InChI=1S/2C10H13BrN4OS.C10H15BrN4OS.C9H10BrF2N3OS.2C9H11BrN4OS.2C8H11BrN4OS/c2*1-6(16)12-7-4-15(5-10(7)2-3-10)9-14-13-8(11)17-9;1-7(16)12-8-3-2-5-15(6-4-8)10-14-13-9(11)17-10;1-5(16)2-6-3-15(4-9(6,11)12)8-14-13-7(10)17-8;2*1-5(15)13-3-7-2-6(13)4-14(7)9-12-11-8(10)16-9;2*1-5(14)10-6-2-3-13(4-6)8-12-11-7(9)15-8/h2*7H,2-5H2,1H3,(H,12,16);8H,2-6H2,1H3,(H,12,16);6H,2-4H2,1H3;2*6-7H,2-4H2,1H3;2*6H,2-4H2,1H3,(H,10,14)/t2*7-;;;2*6-,7-;2*6-/m10..1010/s1. The van der Waals surface area contributed by atoms with E-state index in [1.54, 1.807) is 105 Å². The normalized spacial score (nSPS) is 24.0. The Bertz CT molecular complexity index is 4910. The quantitative estimate of drug-likeness (QED) is 0.0636. The molecule has 39 nitrogen and oxygen atoms in total. The van der Waals surface area contributed by atoms with E-state index in [4.69, 9.17) is 0 Å². The lowest BCUT2D eigenvalue weighted by molar-refractivity contribution is -0.130. The van der Waals surface area contributed by atoms with E-state index in [0.717, 1.165) is 200 Å². The first-order valence-electron chi connectivity index (χ1n) is 41.5. The van der Waals surface area contributed by atoms with Crippen molar-refractivity contribution in [3.63, 3.8) is 0 Å². The number of piperazine rings is 2. The summed E-state index contributed by atoms with van der Waals surface area (Å²) in [6.45, 7) is 24.7. The van der Waals surface area contributed by atoms with Gasteiger partial charge in [0, 0.05) is 188 Å². The summed E-state index contributed by atoms with van der Waals surface area (Å²) >= 11 is 38.3. The van der Waals surface area contributed by atoms with E-state index in [-0.39, 0.29) is 84.3 Å². The third-order valence-corrected chi connectivity index (χ3v) is 34.9. The number of carbonyl (C=O) groups is 8. The maximum atomic E-state index is 13.7. The number of hydrogen-bond acceptors (Lipinski definition) is 40. The van der Waals surface area contributed by atoms with Crippen LogP contribution in [0.4, 0.5) is 49.8 Å². The molecule has 0 aromatic carbocycles. The van der Waals surface area contributed by atoms with Crippen LogP contribution in [0.3, 0.4) is 0 Å². The summed E-state index contributed by atoms with van der Waals surface area (Å²) in [5, 5.41) is 85.9. The Labute approximate surface area is 847 Å². The molecule has 12 fully saturated rings. The summed E-state index contributed by atoms with van der Waals surface area (Å²) in [6, 6.07) is 2.90. The third-order valence-electron chi connectivity index (χ3n) is 23.7. The molecule has 18 heterocycles. The molecule has 8 aromatic heterocycles. The van der Waals surface area contributed by atoms with Gasteiger partial charge in [-0.2, -0.15) is 0 Å². The molecule has 2 aliphatic carbocycles. The monoisotopic (exact) mass is 2460 g/mol. The van der Waals surface area contributed by atoms with Gasteiger partial charge in [-0.25, -0.2) is 8.78 Å². The molecule has 57 heteroatoms. The fourth-order valence-corrected chi connectivity index (χ4v) is 26.6. The van der Waals surface area contributed by atoms with Crippen LogP contribution in [0, 0.1) is 16.7 Å². The SMILES string of the molecule is CC(=O)CC1CN(c2nnc(Br)s2)CC1(F)F.CC(=O)N1C[C@@H]2C[C@H]1CN2c1nnc(Br)s1.CC(=O)N1C[C@H]2C[C@@H]1CN2c1nnc(Br)s1.CC(=O)NC1CCCN(c2nnc(Br)s2)CC1.CC(=O)N[C@@H]1CCN(c2nnc(Br)s2)C1.CC(=O)N[C@@H]1CN(c2nnc(Br)s2)CC12CC2.CC(=O)N[C@H]1CCN(c2nnc(Br)s2)C1.CC(=O)N[C@H]1CN(c2nnc(Br)s2)CC12CC2. The van der Waals surface area contributed by atoms with Gasteiger partial charge >= 0.3 is 0 Å². The number of nitrogens with one attached hydrogen (secondary N) is 5. The first-order valence-corrected chi connectivity index (χ1v) is 54.4. The van der Waals surface area contributed by atoms with Gasteiger partial charge in [0.2, 0.25) is 82.4 Å². The molecule has 2 unspecified atom stereocenters. The number of aromatic nitrogens is 16. The highest BCUT2D eigenvalue weighted by molar-refractivity contribution is 9.12. The Kier molecular flexibility index (Phi) is 35.8. The number of nitrogens with zero attached hydrogens (tertiary/aromatic N) is 26. The molecule has 5 N–H and O–H groups in total. The van der Waals surface area contributed by atoms with Gasteiger partial charge in [0.05, 0.1) is 42.8 Å². The third kappa shape index (κ3) is 27.9. The highest BCUT2D eigenvalue weighted by Crippen LogP contribution is 2.55. The number of hydrogen-bond donors (Lipinski definition) is 5. The predicted molar refractivity (Wildman–Crippen MR) is 526 cm³/mol. The maximum absolute atomic E-state index is 13.7. The fraction of sp³-hybridized carbons (Fsp3) is 0.671. The first-order chi connectivity index (χ1) is 61.8. The summed E-state index contributed by atoms with van der Waals surface area (Å²) in [4.78, 5) is 110. The molecule has 10 atom stereocenters. The van der Waals surface area contributed by atoms with Gasteiger partial charge < -0.3 is 80.4 Å². The van der Waals surface area contributed by atoms with Crippen LogP contribution in [0.15, 0.2) is 31.3 Å². The second kappa shape index (κ2) is 45.7. The Morgan fingerprint density at radius 1 is 0.331 bits per heavy atom. The highest BCUT2D eigenvalue weighted by Gasteiger charge is 2.58. The number of ketones is 1. The van der Waals surface area contributed by atoms with E-state index in [1.165, 1.54) is 71.5 Å². The second-order valence-electron chi connectivity index (χ2n) is 33.3. The highest BCUT2D eigenvalue weighted by atomic mass is 79.9. The Morgan fingerprint density at radius 3 is 0.923 bits per heavy atom. The molecule has 10 saturated heterocycles. The molecule has 7 amide bonds. The number of fused-ring (bicyclic) bond motifs is 4. The van der Waals surface area contributed by atoms with Crippen molar-refractivity contribution in [2.75, 3.05) is 144 Å². The van der Waals surface area contributed by atoms with Gasteiger partial charge in [0.25, 0.3) is 5.92 Å². The zero-order chi connectivity index (χ0) is 93.2. The number of anilines is 8. The first kappa shape index (κ1) is 102. The minimum Gasteiger partial charge on any atom is -0.354 e. The summed E-state index contributed by atoms with van der Waals surface area (Å²) in [5.41, 5.74) is 0.591. The maximum Gasteiger partial charge on any atom is 0.270 e. The van der Waals surface area contributed by atoms with Crippen molar-refractivity contribution in [1.29, 1.82) is 0 Å². The number of likely N-dealkylation sites (tertiary alicyclic amines) is 2. The zero-order valence-corrected chi connectivity index (χ0v) is 90.7. The molecular formula is C73H95Br8F2N31O8S8. The van der Waals surface area contributed by atoms with Crippen LogP contribution >= 0.6 is 218 Å². The van der Waals surface area contributed by atoms with Crippen molar-refractivity contribution >= 4 is 306 Å². The number of carbonyl (C=O) groups excluding carboxylic acids is 8. The minimum atomic E-state index is -2.84. The van der Waals surface area contributed by atoms with Gasteiger partial charge in [-0.15, -0.1) is 81.6 Å². The molecule has 10 aliphatic heterocycles. The van der Waals surface area contributed by atoms with E-state index >= 15 is 0 Å². The Balaban J connectivity index is 0.000000127. The van der Waals surface area contributed by atoms with E-state index in [2.05, 4.69) is 270 Å². The topological polar surface area (TPSA) is 435 Å². The van der Waals surface area contributed by atoms with Crippen LogP contribution in [0.2, 0.25) is 0 Å². The molecule has 4 bridgehead atoms. The van der Waals surface area contributed by atoms with Crippen molar-refractivity contribution in [3.05, 3.63) is 31.3 Å². The van der Waals surface area contributed by atoms with Crippen molar-refractivity contribution in [2.45, 2.75) is 193 Å². The molecular weight excluding hydrogens is 2370 g/mol. The zero-order valence-electron chi connectivity index (χ0n) is 71.5. The number of rotatable bonds is 15. The minimum absolute atomic E-state index is 0.0281. The lowest BCUT2D eigenvalue weighted by Gasteiger charge is -2.33. The van der Waals surface area contributed by atoms with Crippen LogP contribution in [-0.2, 0) is 38.4 Å². The Hall–Kier alpha value is -5.46. The number of amides is 7. The van der Waals surface area contributed by atoms with Crippen molar-refractivity contribution in [2.24, 2.45) is 16.7 Å². The van der Waals surface area contributed by atoms with Crippen molar-refractivity contribution in [3.8, 4) is 0 Å². The van der Waals surface area contributed by atoms with Crippen LogP contribution in [-0.4, -0.2) is 304 Å². The van der Waals surface area contributed by atoms with Crippen molar-refractivity contribution in [1.82, 2.24) is 118 Å². The van der Waals surface area contributed by atoms with E-state index in [1.807, 2.05) is 9.80 Å². The molecule has 2 saturated carbocycles. The molecule has 0 radical (unpaired) electrons. The van der Waals surface area contributed by atoms with E-state index in [0.29, 0.717) is 50.1 Å². The number of alkyl halides is 2. The molecule has 130 heavy (non-hydrogen) atoms. The summed E-state index contributed by atoms with van der Waals surface area (Å²) < 4.78 is 33.5. The summed E-state index contributed by atoms with van der Waals surface area (Å²) in [5.74, 6) is -3.39. The average molecular weight is 2470 g/mol. The summed E-state index contributed by atoms with van der Waals surface area (Å²) in [6.07, 6.45) is 11.9. The second-order valence-corrected chi connectivity index (χ2v) is 51.1. The lowest BCUT2D eigenvalue weighted by atomic mass is 9.99. The van der Waals surface area contributed by atoms with Crippen LogP contribution in [0.5, 0.6) is 0 Å². The number of Topliss-reactive ketones (excluding diaryl/α,β-unsaturated/α-hetero) is 1. The average Bonchev–Trinajstić information content (AvgIpc) is 1.58. The van der Waals surface area contributed by atoms with Gasteiger partial charge in [-0.1, -0.05) is 90.7 Å². The molecule has 708 valence electrons. The largest absolute Gasteiger partial charge is 0.354 e. The van der Waals surface area contributed by atoms with Crippen LogP contribution in [0.25, 0.3) is 0 Å². The van der Waals surface area contributed by atoms with Crippen molar-refractivity contribution < 1.29 is 47.1 Å². The van der Waals surface area contributed by atoms with Gasteiger partial charge in [-0.05, 0) is 205 Å². The fourth-order valence-electron chi connectivity index (χ4n) is 17.6.